The number of hydrogen-bond donors (Lipinski definition) is 2. The van der Waals surface area contributed by atoms with Crippen molar-refractivity contribution in [1.82, 2.24) is 5.32 Å². The second-order valence-electron chi connectivity index (χ2n) is 5.12. The average Bonchev–Trinajstić information content (AvgIpc) is 2.56. The summed E-state index contributed by atoms with van der Waals surface area (Å²) in [6.07, 6.45) is -3.04. The molecule has 25 heavy (non-hydrogen) atoms. The number of nitrogens with one attached hydrogen (secondary N) is 2. The van der Waals surface area contributed by atoms with Crippen LogP contribution in [0.2, 0.25) is 0 Å². The van der Waals surface area contributed by atoms with E-state index in [1.807, 2.05) is 6.92 Å². The van der Waals surface area contributed by atoms with Gasteiger partial charge in [0.15, 0.2) is 5.11 Å². The van der Waals surface area contributed by atoms with Gasteiger partial charge in [0.25, 0.3) is 0 Å². The minimum Gasteiger partial charge on any atom is -0.491 e. The molecule has 0 aromatic heterocycles. The third-order valence-electron chi connectivity index (χ3n) is 3.09. The zero-order chi connectivity index (χ0) is 18.9. The van der Waals surface area contributed by atoms with Crippen molar-refractivity contribution in [2.45, 2.75) is 32.4 Å². The van der Waals surface area contributed by atoms with Crippen LogP contribution >= 0.6 is 12.2 Å². The lowest BCUT2D eigenvalue weighted by atomic mass is 10.2. The third kappa shape index (κ3) is 7.59. The molecule has 0 unspecified atom stereocenters. The van der Waals surface area contributed by atoms with Crippen molar-refractivity contribution in [2.24, 2.45) is 0 Å². The molecule has 140 valence electrons. The summed E-state index contributed by atoms with van der Waals surface area (Å²) in [7, 11) is 1.30. The second kappa shape index (κ2) is 10.1. The van der Waals surface area contributed by atoms with Gasteiger partial charge in [-0.2, -0.15) is 13.2 Å². The number of thiocarbonyl (C=S) groups is 1. The van der Waals surface area contributed by atoms with Gasteiger partial charge in [0, 0.05) is 13.0 Å². The smallest absolute Gasteiger partial charge is 0.416 e. The number of esters is 1. The van der Waals surface area contributed by atoms with Gasteiger partial charge in [-0.15, -0.1) is 0 Å². The number of hydrogen-bond acceptors (Lipinski definition) is 4. The first kappa shape index (κ1) is 21.0. The molecule has 0 amide bonds. The quantitative estimate of drug-likeness (QED) is 0.408. The van der Waals surface area contributed by atoms with Gasteiger partial charge in [0.1, 0.15) is 5.75 Å². The van der Waals surface area contributed by atoms with E-state index in [2.05, 4.69) is 15.4 Å². The van der Waals surface area contributed by atoms with E-state index in [4.69, 9.17) is 17.0 Å². The van der Waals surface area contributed by atoms with Gasteiger partial charge >= 0.3 is 12.1 Å². The van der Waals surface area contributed by atoms with Crippen LogP contribution in [0, 0.1) is 0 Å². The molecule has 0 atom stereocenters. The molecule has 2 N–H and O–H groups in total. The fraction of sp³-hybridized carbons (Fsp3) is 0.500. The molecule has 0 radical (unpaired) electrons. The summed E-state index contributed by atoms with van der Waals surface area (Å²) in [4.78, 5) is 11.0. The Morgan fingerprint density at radius 1 is 1.32 bits per heavy atom. The van der Waals surface area contributed by atoms with Gasteiger partial charge in [0.2, 0.25) is 0 Å². The summed E-state index contributed by atoms with van der Waals surface area (Å²) in [5.74, 6) is -0.0534. The number of halogens is 3. The fourth-order valence-electron chi connectivity index (χ4n) is 1.85. The minimum absolute atomic E-state index is 0.133. The van der Waals surface area contributed by atoms with E-state index in [0.717, 1.165) is 18.6 Å². The number of carbonyl (C=O) groups excluding carboxylic acids is 1. The zero-order valence-electron chi connectivity index (χ0n) is 14.0. The predicted molar refractivity (Wildman–Crippen MR) is 92.7 cm³/mol. The van der Waals surface area contributed by atoms with Crippen LogP contribution in [0.5, 0.6) is 5.75 Å². The molecule has 0 fully saturated rings. The zero-order valence-corrected chi connectivity index (χ0v) is 14.9. The van der Waals surface area contributed by atoms with Crippen LogP contribution < -0.4 is 15.4 Å². The van der Waals surface area contributed by atoms with Crippen LogP contribution in [0.3, 0.4) is 0 Å². The topological polar surface area (TPSA) is 59.6 Å². The highest BCUT2D eigenvalue weighted by molar-refractivity contribution is 7.80. The standard InChI is InChI=1S/C16H21F3N2O3S/c1-3-9-24-13-7-6-11(16(17,18)19)10-12(13)21-15(25)20-8-4-5-14(22)23-2/h6-7,10H,3-5,8-9H2,1-2H3,(H2,20,21,25). The maximum atomic E-state index is 12.9. The summed E-state index contributed by atoms with van der Waals surface area (Å²) in [6.45, 7) is 2.65. The van der Waals surface area contributed by atoms with Crippen molar-refractivity contribution in [1.29, 1.82) is 0 Å². The lowest BCUT2D eigenvalue weighted by molar-refractivity contribution is -0.140. The summed E-state index contributed by atoms with van der Waals surface area (Å²) in [5, 5.41) is 5.69. The molecule has 5 nitrogen and oxygen atoms in total. The van der Waals surface area contributed by atoms with E-state index < -0.39 is 11.7 Å². The van der Waals surface area contributed by atoms with E-state index in [9.17, 15) is 18.0 Å². The van der Waals surface area contributed by atoms with Crippen LogP contribution in [0.25, 0.3) is 0 Å². The van der Waals surface area contributed by atoms with Crippen molar-refractivity contribution < 1.29 is 27.4 Å². The molecular weight excluding hydrogens is 357 g/mol. The molecule has 0 aliphatic heterocycles. The van der Waals surface area contributed by atoms with Crippen molar-refractivity contribution in [2.75, 3.05) is 25.6 Å². The number of ether oxygens (including phenoxy) is 2. The molecule has 0 bridgehead atoms. The van der Waals surface area contributed by atoms with Gasteiger partial charge in [-0.25, -0.2) is 0 Å². The Morgan fingerprint density at radius 3 is 2.64 bits per heavy atom. The first-order valence-electron chi connectivity index (χ1n) is 7.73. The molecular formula is C16H21F3N2O3S. The van der Waals surface area contributed by atoms with Crippen molar-refractivity contribution in [3.05, 3.63) is 23.8 Å². The molecule has 0 saturated carbocycles. The Labute approximate surface area is 149 Å². The maximum absolute atomic E-state index is 12.9. The molecule has 0 aliphatic rings. The SMILES string of the molecule is CCCOc1ccc(C(F)(F)F)cc1NC(=S)NCCCC(=O)OC. The Balaban J connectivity index is 2.72. The summed E-state index contributed by atoms with van der Waals surface area (Å²) in [6, 6.07) is 3.18. The first-order valence-corrected chi connectivity index (χ1v) is 8.14. The molecule has 0 aliphatic carbocycles. The molecule has 1 aromatic carbocycles. The lowest BCUT2D eigenvalue weighted by Gasteiger charge is -2.16. The van der Waals surface area contributed by atoms with Crippen LogP contribution in [0.4, 0.5) is 18.9 Å². The molecule has 0 spiro atoms. The van der Waals surface area contributed by atoms with E-state index in [1.54, 1.807) is 0 Å². The Hall–Kier alpha value is -2.03. The molecule has 1 rings (SSSR count). The highest BCUT2D eigenvalue weighted by Crippen LogP contribution is 2.35. The van der Waals surface area contributed by atoms with Gasteiger partial charge in [-0.05, 0) is 43.3 Å². The molecule has 0 heterocycles. The Kier molecular flexibility index (Phi) is 8.47. The number of benzene rings is 1. The number of anilines is 1. The maximum Gasteiger partial charge on any atom is 0.416 e. The minimum atomic E-state index is -4.46. The van der Waals surface area contributed by atoms with Crippen molar-refractivity contribution >= 4 is 29.0 Å². The highest BCUT2D eigenvalue weighted by atomic mass is 32.1. The summed E-state index contributed by atoms with van der Waals surface area (Å²) in [5.41, 5.74) is -0.666. The number of carbonyl (C=O) groups is 1. The van der Waals surface area contributed by atoms with Crippen molar-refractivity contribution in [3.8, 4) is 5.75 Å². The lowest BCUT2D eigenvalue weighted by Crippen LogP contribution is -2.30. The van der Waals surface area contributed by atoms with Gasteiger partial charge < -0.3 is 20.1 Å². The van der Waals surface area contributed by atoms with E-state index in [1.165, 1.54) is 13.2 Å². The van der Waals surface area contributed by atoms with Crippen LogP contribution in [-0.4, -0.2) is 31.3 Å². The second-order valence-corrected chi connectivity index (χ2v) is 5.53. The van der Waals surface area contributed by atoms with E-state index in [0.29, 0.717) is 19.6 Å². The Morgan fingerprint density at radius 2 is 2.04 bits per heavy atom. The van der Waals surface area contributed by atoms with Crippen LogP contribution in [0.15, 0.2) is 18.2 Å². The third-order valence-corrected chi connectivity index (χ3v) is 3.33. The fourth-order valence-corrected chi connectivity index (χ4v) is 2.06. The van der Waals surface area contributed by atoms with Gasteiger partial charge in [-0.3, -0.25) is 4.79 Å². The van der Waals surface area contributed by atoms with Crippen LogP contribution in [0.1, 0.15) is 31.7 Å². The number of methoxy groups -OCH3 is 1. The normalized spacial score (nSPS) is 10.9. The Bertz CT molecular complexity index is 594. The molecule has 0 saturated heterocycles. The summed E-state index contributed by atoms with van der Waals surface area (Å²) < 4.78 is 48.6. The predicted octanol–water partition coefficient (Wildman–Crippen LogP) is 3.73. The molecule has 9 heteroatoms. The summed E-state index contributed by atoms with van der Waals surface area (Å²) >= 11 is 5.08. The van der Waals surface area contributed by atoms with Crippen molar-refractivity contribution in [3.63, 3.8) is 0 Å². The van der Waals surface area contributed by atoms with Gasteiger partial charge in [-0.1, -0.05) is 6.92 Å². The number of rotatable bonds is 8. The van der Waals surface area contributed by atoms with Crippen LogP contribution in [-0.2, 0) is 15.7 Å². The van der Waals surface area contributed by atoms with E-state index >= 15 is 0 Å². The first-order chi connectivity index (χ1) is 11.8. The monoisotopic (exact) mass is 378 g/mol. The average molecular weight is 378 g/mol. The van der Waals surface area contributed by atoms with E-state index in [-0.39, 0.29) is 28.9 Å². The molecule has 1 aromatic rings. The largest absolute Gasteiger partial charge is 0.491 e. The highest BCUT2D eigenvalue weighted by Gasteiger charge is 2.31. The number of alkyl halides is 3. The van der Waals surface area contributed by atoms with Gasteiger partial charge in [0.05, 0.1) is 25.0 Å².